The van der Waals surface area contributed by atoms with Gasteiger partial charge in [-0.2, -0.15) is 0 Å². The van der Waals surface area contributed by atoms with E-state index >= 15 is 0 Å². The van der Waals surface area contributed by atoms with E-state index in [-0.39, 0.29) is 0 Å². The Labute approximate surface area is 80.3 Å². The molecule has 13 heavy (non-hydrogen) atoms. The Morgan fingerprint density at radius 3 is 2.46 bits per heavy atom. The molecule has 68 valence electrons. The van der Waals surface area contributed by atoms with Crippen molar-refractivity contribution in [3.63, 3.8) is 0 Å². The number of hydrogen-bond donors (Lipinski definition) is 0. The van der Waals surface area contributed by atoms with Gasteiger partial charge in [0, 0.05) is 0 Å². The molecule has 0 saturated heterocycles. The average molecular weight is 172 g/mol. The fourth-order valence-corrected chi connectivity index (χ4v) is 1.86. The Kier molecular flexibility index (Phi) is 2.49. The Bertz CT molecular complexity index is 295. The summed E-state index contributed by atoms with van der Waals surface area (Å²) >= 11 is 0. The lowest BCUT2D eigenvalue weighted by Gasteiger charge is -2.21. The first-order chi connectivity index (χ1) is 6.36. The molecule has 0 amide bonds. The monoisotopic (exact) mass is 172 g/mol. The fraction of sp³-hybridized carbons (Fsp3) is 0.385. The first-order valence-corrected chi connectivity index (χ1v) is 5.09. The first kappa shape index (κ1) is 8.55. The third-order valence-electron chi connectivity index (χ3n) is 2.86. The lowest BCUT2D eigenvalue weighted by molar-refractivity contribution is 0.607. The third kappa shape index (κ3) is 2.00. The van der Waals surface area contributed by atoms with E-state index in [2.05, 4.69) is 43.3 Å². The topological polar surface area (TPSA) is 0 Å². The van der Waals surface area contributed by atoms with Crippen LogP contribution in [0.25, 0.3) is 0 Å². The zero-order chi connectivity index (χ0) is 9.10. The molecule has 1 unspecified atom stereocenters. The van der Waals surface area contributed by atoms with E-state index in [1.54, 1.807) is 5.57 Å². The number of hydrogen-bond acceptors (Lipinski definition) is 0. The van der Waals surface area contributed by atoms with E-state index in [0.717, 1.165) is 5.92 Å². The van der Waals surface area contributed by atoms with Gasteiger partial charge < -0.3 is 0 Å². The maximum absolute atomic E-state index is 2.38. The van der Waals surface area contributed by atoms with Crippen LogP contribution in [0.3, 0.4) is 0 Å². The number of allylic oxidation sites excluding steroid dienone is 2. The van der Waals surface area contributed by atoms with E-state index in [4.69, 9.17) is 0 Å². The molecule has 0 aliphatic heterocycles. The van der Waals surface area contributed by atoms with Crippen molar-refractivity contribution in [3.8, 4) is 0 Å². The Morgan fingerprint density at radius 2 is 1.92 bits per heavy atom. The van der Waals surface area contributed by atoms with Gasteiger partial charge in [0.2, 0.25) is 0 Å². The molecule has 0 fully saturated rings. The quantitative estimate of drug-likeness (QED) is 0.611. The molecule has 1 aliphatic rings. The summed E-state index contributed by atoms with van der Waals surface area (Å²) in [6, 6.07) is 10.8. The molecular weight excluding hydrogens is 156 g/mol. The van der Waals surface area contributed by atoms with Crippen molar-refractivity contribution in [2.45, 2.75) is 26.2 Å². The summed E-state index contributed by atoms with van der Waals surface area (Å²) in [5.41, 5.74) is 3.12. The average Bonchev–Trinajstić information content (AvgIpc) is 2.02. The normalized spacial score (nSPS) is 17.5. The molecule has 0 N–H and O–H groups in total. The van der Waals surface area contributed by atoms with Crippen LogP contribution in [0, 0.1) is 5.92 Å². The van der Waals surface area contributed by atoms with Crippen molar-refractivity contribution in [1.29, 1.82) is 0 Å². The molecule has 1 aliphatic carbocycles. The summed E-state index contributed by atoms with van der Waals surface area (Å²) in [4.78, 5) is 0. The van der Waals surface area contributed by atoms with Gasteiger partial charge in [0.25, 0.3) is 0 Å². The highest BCUT2D eigenvalue weighted by Crippen LogP contribution is 2.28. The predicted octanol–water partition coefficient (Wildman–Crippen LogP) is 3.59. The summed E-state index contributed by atoms with van der Waals surface area (Å²) in [6.45, 7) is 2.33. The van der Waals surface area contributed by atoms with Gasteiger partial charge in [-0.15, -0.1) is 0 Å². The van der Waals surface area contributed by atoms with E-state index in [1.807, 2.05) is 0 Å². The fourth-order valence-electron chi connectivity index (χ4n) is 1.86. The molecule has 0 nitrogen and oxygen atoms in total. The molecule has 2 rings (SSSR count). The molecule has 0 heteroatoms. The predicted molar refractivity (Wildman–Crippen MR) is 56.6 cm³/mol. The van der Waals surface area contributed by atoms with Gasteiger partial charge in [0.15, 0.2) is 0 Å². The molecule has 1 aromatic rings. The zero-order valence-electron chi connectivity index (χ0n) is 8.16. The second-order valence-electron chi connectivity index (χ2n) is 3.91. The van der Waals surface area contributed by atoms with Gasteiger partial charge in [-0.1, -0.05) is 48.9 Å². The molecule has 0 aromatic heterocycles. The standard InChI is InChI=1S/C13H16/c1-11(13-8-5-9-13)10-12-6-3-2-4-7-12/h2-4,6-8,11H,5,9-10H2,1H3. The maximum atomic E-state index is 2.38. The van der Waals surface area contributed by atoms with Crippen LogP contribution in [0.15, 0.2) is 42.0 Å². The lowest BCUT2D eigenvalue weighted by atomic mass is 9.84. The molecule has 1 aromatic carbocycles. The molecule has 1 atom stereocenters. The Hall–Kier alpha value is -1.04. The maximum Gasteiger partial charge on any atom is -0.0191 e. The van der Waals surface area contributed by atoms with Crippen molar-refractivity contribution in [2.75, 3.05) is 0 Å². The molecule has 0 heterocycles. The van der Waals surface area contributed by atoms with Crippen molar-refractivity contribution in [3.05, 3.63) is 47.5 Å². The van der Waals surface area contributed by atoms with Crippen LogP contribution < -0.4 is 0 Å². The van der Waals surface area contributed by atoms with Gasteiger partial charge in [-0.25, -0.2) is 0 Å². The van der Waals surface area contributed by atoms with Gasteiger partial charge in [-0.05, 0) is 30.7 Å². The molecule has 0 spiro atoms. The smallest absolute Gasteiger partial charge is 0.0191 e. The Morgan fingerprint density at radius 1 is 1.23 bits per heavy atom. The van der Waals surface area contributed by atoms with E-state index in [1.165, 1.54) is 24.8 Å². The highest BCUT2D eigenvalue weighted by atomic mass is 14.2. The van der Waals surface area contributed by atoms with E-state index in [9.17, 15) is 0 Å². The van der Waals surface area contributed by atoms with Crippen molar-refractivity contribution in [2.24, 2.45) is 5.92 Å². The summed E-state index contributed by atoms with van der Waals surface area (Å²) < 4.78 is 0. The van der Waals surface area contributed by atoms with Gasteiger partial charge in [0.1, 0.15) is 0 Å². The van der Waals surface area contributed by atoms with Crippen LogP contribution in [0.4, 0.5) is 0 Å². The van der Waals surface area contributed by atoms with Crippen molar-refractivity contribution >= 4 is 0 Å². The van der Waals surface area contributed by atoms with Crippen LogP contribution in [-0.2, 0) is 6.42 Å². The minimum Gasteiger partial charge on any atom is -0.0847 e. The third-order valence-corrected chi connectivity index (χ3v) is 2.86. The van der Waals surface area contributed by atoms with Crippen molar-refractivity contribution < 1.29 is 0 Å². The zero-order valence-corrected chi connectivity index (χ0v) is 8.16. The first-order valence-electron chi connectivity index (χ1n) is 5.09. The summed E-state index contributed by atoms with van der Waals surface area (Å²) in [7, 11) is 0. The van der Waals surface area contributed by atoms with Gasteiger partial charge >= 0.3 is 0 Å². The van der Waals surface area contributed by atoms with E-state index < -0.39 is 0 Å². The number of benzene rings is 1. The largest absolute Gasteiger partial charge is 0.0847 e. The molecule has 0 bridgehead atoms. The molecule has 0 saturated carbocycles. The highest BCUT2D eigenvalue weighted by molar-refractivity contribution is 5.21. The summed E-state index contributed by atoms with van der Waals surface area (Å²) in [5.74, 6) is 0.746. The number of rotatable bonds is 3. The van der Waals surface area contributed by atoms with E-state index in [0.29, 0.717) is 0 Å². The van der Waals surface area contributed by atoms with Gasteiger partial charge in [0.05, 0.1) is 0 Å². The minimum absolute atomic E-state index is 0.746. The molecule has 0 radical (unpaired) electrons. The van der Waals surface area contributed by atoms with Crippen LogP contribution in [0.5, 0.6) is 0 Å². The summed E-state index contributed by atoms with van der Waals surface area (Å²) in [5, 5.41) is 0. The highest BCUT2D eigenvalue weighted by Gasteiger charge is 2.13. The second-order valence-corrected chi connectivity index (χ2v) is 3.91. The van der Waals surface area contributed by atoms with Crippen LogP contribution in [0.1, 0.15) is 25.3 Å². The van der Waals surface area contributed by atoms with Crippen molar-refractivity contribution in [1.82, 2.24) is 0 Å². The minimum atomic E-state index is 0.746. The van der Waals surface area contributed by atoms with Crippen LogP contribution >= 0.6 is 0 Å². The Balaban J connectivity index is 1.98. The lowest BCUT2D eigenvalue weighted by Crippen LogP contribution is -2.08. The molecular formula is C13H16. The second kappa shape index (κ2) is 3.78. The van der Waals surface area contributed by atoms with Crippen LogP contribution in [0.2, 0.25) is 0 Å². The summed E-state index contributed by atoms with van der Waals surface area (Å²) in [6.07, 6.45) is 6.21. The van der Waals surface area contributed by atoms with Crippen LogP contribution in [-0.4, -0.2) is 0 Å². The van der Waals surface area contributed by atoms with Gasteiger partial charge in [-0.3, -0.25) is 0 Å². The SMILES string of the molecule is CC(Cc1ccccc1)C1=CCC1.